The molecule has 0 saturated carbocycles. The van der Waals surface area contributed by atoms with Crippen LogP contribution in [0.15, 0.2) is 12.3 Å². The van der Waals surface area contributed by atoms with Gasteiger partial charge < -0.3 is 9.64 Å². The summed E-state index contributed by atoms with van der Waals surface area (Å²) >= 11 is 0. The Kier molecular flexibility index (Phi) is 5.06. The molecule has 1 aromatic rings. The van der Waals surface area contributed by atoms with Crippen LogP contribution in [0.4, 0.5) is 5.82 Å². The van der Waals surface area contributed by atoms with Crippen LogP contribution in [0.3, 0.4) is 0 Å². The van der Waals surface area contributed by atoms with Crippen LogP contribution in [-0.4, -0.2) is 35.6 Å². The predicted octanol–water partition coefficient (Wildman–Crippen LogP) is 1.39. The molecule has 0 N–H and O–H groups in total. The molecule has 0 bridgehead atoms. The van der Waals surface area contributed by atoms with Gasteiger partial charge in [-0.3, -0.25) is 0 Å². The van der Waals surface area contributed by atoms with Gasteiger partial charge in [0.2, 0.25) is 5.82 Å². The molecule has 96 valence electrons. The van der Waals surface area contributed by atoms with Crippen molar-refractivity contribution in [1.29, 1.82) is 5.26 Å². The van der Waals surface area contributed by atoms with E-state index in [0.29, 0.717) is 18.8 Å². The highest BCUT2D eigenvalue weighted by Crippen LogP contribution is 2.14. The number of carbonyl (C=O) groups is 1. The van der Waals surface area contributed by atoms with Crippen LogP contribution < -0.4 is 4.90 Å². The minimum Gasteiger partial charge on any atom is -0.463 e. The number of carbonyl (C=O) groups excluding carboxylic acids is 1. The number of esters is 1. The lowest BCUT2D eigenvalue weighted by molar-refractivity contribution is 0.0586. The van der Waals surface area contributed by atoms with Crippen molar-refractivity contribution in [2.24, 2.45) is 0 Å². The standard InChI is InChI=1S/C12H16N4O2/c1-9(2)16(8-4-6-13)10-5-7-14-11(15-10)12(17)18-3/h5,7,9H,4,8H2,1-3H3. The van der Waals surface area contributed by atoms with E-state index in [1.54, 1.807) is 6.07 Å². The van der Waals surface area contributed by atoms with Crippen LogP contribution >= 0.6 is 0 Å². The molecule has 1 rings (SSSR count). The molecule has 0 saturated heterocycles. The van der Waals surface area contributed by atoms with Crippen LogP contribution in [0.25, 0.3) is 0 Å². The zero-order valence-electron chi connectivity index (χ0n) is 10.8. The van der Waals surface area contributed by atoms with Crippen molar-refractivity contribution in [3.8, 4) is 6.07 Å². The molecule has 0 spiro atoms. The lowest BCUT2D eigenvalue weighted by atomic mass is 10.3. The number of ether oxygens (including phenoxy) is 1. The van der Waals surface area contributed by atoms with Gasteiger partial charge in [0.25, 0.3) is 0 Å². The summed E-state index contributed by atoms with van der Waals surface area (Å²) in [6, 6.07) is 3.99. The molecule has 18 heavy (non-hydrogen) atoms. The van der Waals surface area contributed by atoms with Gasteiger partial charge in [-0.15, -0.1) is 0 Å². The van der Waals surface area contributed by atoms with Gasteiger partial charge in [0.15, 0.2) is 0 Å². The lowest BCUT2D eigenvalue weighted by Gasteiger charge is -2.26. The maximum atomic E-state index is 11.4. The molecule has 0 radical (unpaired) electrons. The summed E-state index contributed by atoms with van der Waals surface area (Å²) in [7, 11) is 1.29. The second kappa shape index (κ2) is 6.55. The Hall–Kier alpha value is -2.16. The van der Waals surface area contributed by atoms with Gasteiger partial charge in [-0.1, -0.05) is 0 Å². The van der Waals surface area contributed by atoms with Crippen LogP contribution in [0.2, 0.25) is 0 Å². The van der Waals surface area contributed by atoms with E-state index >= 15 is 0 Å². The second-order valence-electron chi connectivity index (χ2n) is 3.93. The first kappa shape index (κ1) is 13.9. The summed E-state index contributed by atoms with van der Waals surface area (Å²) in [5, 5.41) is 8.64. The van der Waals surface area contributed by atoms with Crippen molar-refractivity contribution < 1.29 is 9.53 Å². The number of rotatable bonds is 5. The predicted molar refractivity (Wildman–Crippen MR) is 66.1 cm³/mol. The van der Waals surface area contributed by atoms with E-state index in [2.05, 4.69) is 20.8 Å². The van der Waals surface area contributed by atoms with Crippen molar-refractivity contribution in [3.05, 3.63) is 18.1 Å². The molecule has 1 heterocycles. The number of aromatic nitrogens is 2. The van der Waals surface area contributed by atoms with Crippen LogP contribution in [-0.2, 0) is 4.74 Å². The van der Waals surface area contributed by atoms with Gasteiger partial charge in [0, 0.05) is 18.8 Å². The fraction of sp³-hybridized carbons (Fsp3) is 0.500. The summed E-state index contributed by atoms with van der Waals surface area (Å²) < 4.78 is 4.58. The average Bonchev–Trinajstić information content (AvgIpc) is 2.38. The zero-order valence-corrected chi connectivity index (χ0v) is 10.8. The monoisotopic (exact) mass is 248 g/mol. The largest absolute Gasteiger partial charge is 0.463 e. The van der Waals surface area contributed by atoms with E-state index in [0.717, 1.165) is 0 Å². The molecule has 0 aliphatic carbocycles. The first-order chi connectivity index (χ1) is 8.60. The maximum absolute atomic E-state index is 11.4. The highest BCUT2D eigenvalue weighted by Gasteiger charge is 2.15. The first-order valence-electron chi connectivity index (χ1n) is 5.65. The van der Waals surface area contributed by atoms with Crippen molar-refractivity contribution in [1.82, 2.24) is 9.97 Å². The Bertz CT molecular complexity index is 454. The fourth-order valence-electron chi connectivity index (χ4n) is 1.51. The first-order valence-corrected chi connectivity index (χ1v) is 5.65. The average molecular weight is 248 g/mol. The topological polar surface area (TPSA) is 79.1 Å². The Morgan fingerprint density at radius 2 is 2.33 bits per heavy atom. The fourth-order valence-corrected chi connectivity index (χ4v) is 1.51. The van der Waals surface area contributed by atoms with Gasteiger partial charge >= 0.3 is 5.97 Å². The molecule has 0 atom stereocenters. The molecule has 0 aliphatic heterocycles. The van der Waals surface area contributed by atoms with E-state index in [-0.39, 0.29) is 11.9 Å². The Morgan fingerprint density at radius 3 is 2.89 bits per heavy atom. The molecule has 1 aromatic heterocycles. The number of hydrogen-bond acceptors (Lipinski definition) is 6. The van der Waals surface area contributed by atoms with Crippen molar-refractivity contribution in [3.63, 3.8) is 0 Å². The van der Waals surface area contributed by atoms with Crippen LogP contribution in [0, 0.1) is 11.3 Å². The third-order valence-corrected chi connectivity index (χ3v) is 2.39. The molecule has 6 nitrogen and oxygen atoms in total. The van der Waals surface area contributed by atoms with E-state index in [4.69, 9.17) is 5.26 Å². The van der Waals surface area contributed by atoms with Gasteiger partial charge in [0.1, 0.15) is 5.82 Å². The van der Waals surface area contributed by atoms with Gasteiger partial charge in [-0.05, 0) is 19.9 Å². The van der Waals surface area contributed by atoms with E-state index in [9.17, 15) is 4.79 Å². The summed E-state index contributed by atoms with van der Waals surface area (Å²) in [5.41, 5.74) is 0. The molecule has 0 aromatic carbocycles. The van der Waals surface area contributed by atoms with Crippen LogP contribution in [0.1, 0.15) is 30.9 Å². The number of methoxy groups -OCH3 is 1. The SMILES string of the molecule is COC(=O)c1nccc(N(CCC#N)C(C)C)n1. The Balaban J connectivity index is 2.98. The summed E-state index contributed by atoms with van der Waals surface area (Å²) in [6.45, 7) is 4.56. The van der Waals surface area contributed by atoms with E-state index < -0.39 is 5.97 Å². The number of nitriles is 1. The molecule has 0 unspecified atom stereocenters. The molecule has 0 aliphatic rings. The van der Waals surface area contributed by atoms with Gasteiger partial charge in [-0.2, -0.15) is 5.26 Å². The molecule has 0 fully saturated rings. The summed E-state index contributed by atoms with van der Waals surface area (Å²) in [6.07, 6.45) is 1.91. The van der Waals surface area contributed by atoms with E-state index in [1.165, 1.54) is 13.3 Å². The highest BCUT2D eigenvalue weighted by atomic mass is 16.5. The zero-order chi connectivity index (χ0) is 13.5. The summed E-state index contributed by atoms with van der Waals surface area (Å²) in [4.78, 5) is 21.3. The molecular formula is C12H16N4O2. The third kappa shape index (κ3) is 3.42. The van der Waals surface area contributed by atoms with E-state index in [1.807, 2.05) is 18.7 Å². The number of hydrogen-bond donors (Lipinski definition) is 0. The van der Waals surface area contributed by atoms with Gasteiger partial charge in [-0.25, -0.2) is 14.8 Å². The molecular weight excluding hydrogens is 232 g/mol. The lowest BCUT2D eigenvalue weighted by Crippen LogP contribution is -2.32. The Morgan fingerprint density at radius 1 is 1.61 bits per heavy atom. The Labute approximate surface area is 106 Å². The highest BCUT2D eigenvalue weighted by molar-refractivity contribution is 5.85. The third-order valence-electron chi connectivity index (χ3n) is 2.39. The quantitative estimate of drug-likeness (QED) is 0.733. The van der Waals surface area contributed by atoms with Crippen molar-refractivity contribution in [2.75, 3.05) is 18.6 Å². The van der Waals surface area contributed by atoms with Gasteiger partial charge in [0.05, 0.1) is 19.6 Å². The second-order valence-corrected chi connectivity index (χ2v) is 3.93. The van der Waals surface area contributed by atoms with Crippen molar-refractivity contribution in [2.45, 2.75) is 26.3 Å². The summed E-state index contributed by atoms with van der Waals surface area (Å²) in [5.74, 6) is 0.0779. The minimum atomic E-state index is -0.569. The number of nitrogens with zero attached hydrogens (tertiary/aromatic N) is 4. The maximum Gasteiger partial charge on any atom is 0.376 e. The molecule has 6 heteroatoms. The minimum absolute atomic E-state index is 0.0256. The van der Waals surface area contributed by atoms with Crippen molar-refractivity contribution >= 4 is 11.8 Å². The molecule has 0 amide bonds. The smallest absolute Gasteiger partial charge is 0.376 e. The normalized spacial score (nSPS) is 9.94. The van der Waals surface area contributed by atoms with Crippen LogP contribution in [0.5, 0.6) is 0 Å². The number of anilines is 1.